The average molecular weight is 535 g/mol. The van der Waals surface area contributed by atoms with E-state index in [9.17, 15) is 13.2 Å². The molecular formula is C22H17Cl3F3N3O3. The summed E-state index contributed by atoms with van der Waals surface area (Å²) in [6.07, 6.45) is -5.32. The Bertz CT molecular complexity index is 1080. The fraction of sp³-hybridized carbons (Fsp3) is 0.227. The molecule has 3 aromatic rings. The molecule has 0 saturated carbocycles. The molecule has 1 aliphatic heterocycles. The van der Waals surface area contributed by atoms with E-state index in [0.717, 1.165) is 5.56 Å². The Hall–Kier alpha value is -2.43. The predicted molar refractivity (Wildman–Crippen MR) is 123 cm³/mol. The topological polar surface area (TPSA) is 65.8 Å². The summed E-state index contributed by atoms with van der Waals surface area (Å²) in [6.45, 7) is 0.579. The average Bonchev–Trinajstić information content (AvgIpc) is 3.31. The minimum atomic E-state index is -4.63. The lowest BCUT2D eigenvalue weighted by Gasteiger charge is -2.12. The molecule has 1 saturated heterocycles. The van der Waals surface area contributed by atoms with Gasteiger partial charge in [-0.3, -0.25) is 0 Å². The van der Waals surface area contributed by atoms with Gasteiger partial charge in [0.2, 0.25) is 0 Å². The van der Waals surface area contributed by atoms with Gasteiger partial charge in [-0.1, -0.05) is 82.4 Å². The van der Waals surface area contributed by atoms with E-state index in [0.29, 0.717) is 34.4 Å². The molecule has 0 aliphatic carbocycles. The summed E-state index contributed by atoms with van der Waals surface area (Å²) in [4.78, 5) is 12.8. The van der Waals surface area contributed by atoms with Crippen LogP contribution in [-0.2, 0) is 14.3 Å². The normalized spacial score (nSPS) is 14.5. The molecule has 2 heterocycles. The van der Waals surface area contributed by atoms with Gasteiger partial charge in [-0.25, -0.2) is 9.97 Å². The van der Waals surface area contributed by atoms with Crippen molar-refractivity contribution in [3.8, 4) is 11.4 Å². The molecule has 0 N–H and O–H groups in total. The van der Waals surface area contributed by atoms with Gasteiger partial charge in [-0.2, -0.15) is 13.2 Å². The van der Waals surface area contributed by atoms with E-state index in [1.807, 2.05) is 30.3 Å². The smallest absolute Gasteiger partial charge is 0.390 e. The van der Waals surface area contributed by atoms with Crippen LogP contribution in [0.25, 0.3) is 11.4 Å². The maximum absolute atomic E-state index is 12.9. The number of rotatable bonds is 5. The zero-order valence-electron chi connectivity index (χ0n) is 17.3. The van der Waals surface area contributed by atoms with Gasteiger partial charge in [-0.05, 0) is 12.1 Å². The SMILES string of the molecule is Clc1cc(Cl)nc(-c2ccccc2)n1.FC(F)(F)C(=NOCC1OCCO1)c1ccc(Cl)cc1. The molecule has 2 aromatic carbocycles. The predicted octanol–water partition coefficient (Wildman–Crippen LogP) is 6.45. The van der Waals surface area contributed by atoms with Crippen LogP contribution < -0.4 is 0 Å². The van der Waals surface area contributed by atoms with Crippen molar-refractivity contribution >= 4 is 40.5 Å². The van der Waals surface area contributed by atoms with Crippen LogP contribution in [0.15, 0.2) is 65.8 Å². The summed E-state index contributed by atoms with van der Waals surface area (Å²) in [6, 6.07) is 16.2. The second-order valence-electron chi connectivity index (χ2n) is 6.61. The second kappa shape index (κ2) is 12.3. The van der Waals surface area contributed by atoms with Crippen LogP contribution in [0.5, 0.6) is 0 Å². The molecule has 1 aromatic heterocycles. The zero-order chi connectivity index (χ0) is 24.6. The van der Waals surface area contributed by atoms with Crippen molar-refractivity contribution in [1.29, 1.82) is 0 Å². The maximum atomic E-state index is 12.9. The molecule has 0 unspecified atom stereocenters. The van der Waals surface area contributed by atoms with Crippen LogP contribution in [0.1, 0.15) is 5.56 Å². The van der Waals surface area contributed by atoms with Gasteiger partial charge < -0.3 is 14.3 Å². The summed E-state index contributed by atoms with van der Waals surface area (Å²) in [5.74, 6) is 0.545. The van der Waals surface area contributed by atoms with Crippen LogP contribution >= 0.6 is 34.8 Å². The Morgan fingerprint density at radius 2 is 1.53 bits per heavy atom. The van der Waals surface area contributed by atoms with Gasteiger partial charge >= 0.3 is 6.18 Å². The third kappa shape index (κ3) is 8.11. The van der Waals surface area contributed by atoms with Crippen molar-refractivity contribution in [3.05, 3.63) is 81.6 Å². The molecule has 4 rings (SSSR count). The number of nitrogens with zero attached hydrogens (tertiary/aromatic N) is 3. The first-order valence-electron chi connectivity index (χ1n) is 9.74. The standard InChI is InChI=1S/C12H11ClF3NO3.C10H6Cl2N2/c13-9-3-1-8(2-4-9)11(12(14,15)16)17-20-7-10-18-5-6-19-10;11-8-6-9(12)14-10(13-8)7-4-2-1-3-5-7/h1-4,10H,5-7H2;1-6H. The zero-order valence-corrected chi connectivity index (χ0v) is 19.6. The van der Waals surface area contributed by atoms with Crippen molar-refractivity contribution in [2.24, 2.45) is 5.16 Å². The lowest BCUT2D eigenvalue weighted by molar-refractivity contribution is -0.0979. The van der Waals surface area contributed by atoms with Crippen molar-refractivity contribution in [2.45, 2.75) is 12.5 Å². The van der Waals surface area contributed by atoms with E-state index in [4.69, 9.17) is 44.3 Å². The van der Waals surface area contributed by atoms with Crippen molar-refractivity contribution in [3.63, 3.8) is 0 Å². The molecule has 0 spiro atoms. The highest BCUT2D eigenvalue weighted by Gasteiger charge is 2.38. The summed E-state index contributed by atoms with van der Waals surface area (Å²) in [5.41, 5.74) is -0.362. The van der Waals surface area contributed by atoms with Crippen LogP contribution in [0.2, 0.25) is 15.3 Å². The second-order valence-corrected chi connectivity index (χ2v) is 7.83. The highest BCUT2D eigenvalue weighted by Crippen LogP contribution is 2.24. The molecule has 34 heavy (non-hydrogen) atoms. The molecule has 0 amide bonds. The Morgan fingerprint density at radius 1 is 0.941 bits per heavy atom. The number of aromatic nitrogens is 2. The summed E-state index contributed by atoms with van der Waals surface area (Å²) in [5, 5.41) is 4.19. The molecule has 1 aliphatic rings. The van der Waals surface area contributed by atoms with Crippen LogP contribution in [0, 0.1) is 0 Å². The highest BCUT2D eigenvalue weighted by molar-refractivity contribution is 6.33. The number of hydrogen-bond donors (Lipinski definition) is 0. The van der Waals surface area contributed by atoms with Crippen LogP contribution in [0.3, 0.4) is 0 Å². The van der Waals surface area contributed by atoms with E-state index in [2.05, 4.69) is 20.0 Å². The fourth-order valence-electron chi connectivity index (χ4n) is 2.65. The maximum Gasteiger partial charge on any atom is 0.437 e. The quantitative estimate of drug-likeness (QED) is 0.214. The number of oxime groups is 1. The summed E-state index contributed by atoms with van der Waals surface area (Å²) < 4.78 is 48.8. The Balaban J connectivity index is 0.000000202. The van der Waals surface area contributed by atoms with Gasteiger partial charge in [0.1, 0.15) is 10.3 Å². The van der Waals surface area contributed by atoms with Crippen LogP contribution in [0.4, 0.5) is 13.2 Å². The first-order chi connectivity index (χ1) is 16.2. The van der Waals surface area contributed by atoms with Crippen molar-refractivity contribution < 1.29 is 27.5 Å². The first kappa shape index (κ1) is 26.2. The Labute approximate surface area is 208 Å². The third-order valence-corrected chi connectivity index (χ3v) is 4.78. The Morgan fingerprint density at radius 3 is 2.09 bits per heavy atom. The third-order valence-electron chi connectivity index (χ3n) is 4.14. The Kier molecular flexibility index (Phi) is 9.49. The number of hydrogen-bond acceptors (Lipinski definition) is 6. The van der Waals surface area contributed by atoms with Gasteiger partial charge in [0.15, 0.2) is 24.4 Å². The van der Waals surface area contributed by atoms with Gasteiger partial charge in [-0.15, -0.1) is 0 Å². The molecule has 1 fully saturated rings. The van der Waals surface area contributed by atoms with E-state index >= 15 is 0 Å². The lowest BCUT2D eigenvalue weighted by atomic mass is 10.1. The van der Waals surface area contributed by atoms with E-state index in [1.165, 1.54) is 30.3 Å². The summed E-state index contributed by atoms with van der Waals surface area (Å²) >= 11 is 17.2. The molecule has 6 nitrogen and oxygen atoms in total. The summed E-state index contributed by atoms with van der Waals surface area (Å²) in [7, 11) is 0. The van der Waals surface area contributed by atoms with Crippen molar-refractivity contribution in [1.82, 2.24) is 9.97 Å². The number of halogens is 6. The fourth-order valence-corrected chi connectivity index (χ4v) is 3.20. The number of ether oxygens (including phenoxy) is 2. The first-order valence-corrected chi connectivity index (χ1v) is 10.9. The van der Waals surface area contributed by atoms with E-state index in [1.54, 1.807) is 0 Å². The number of benzene rings is 2. The largest absolute Gasteiger partial charge is 0.437 e. The van der Waals surface area contributed by atoms with Gasteiger partial charge in [0.05, 0.1) is 13.2 Å². The van der Waals surface area contributed by atoms with E-state index in [-0.39, 0.29) is 12.2 Å². The minimum Gasteiger partial charge on any atom is -0.390 e. The molecular weight excluding hydrogens is 518 g/mol. The van der Waals surface area contributed by atoms with Gasteiger partial charge in [0.25, 0.3) is 0 Å². The van der Waals surface area contributed by atoms with Crippen LogP contribution in [-0.4, -0.2) is 48.0 Å². The minimum absolute atomic E-state index is 0.129. The lowest BCUT2D eigenvalue weighted by Crippen LogP contribution is -2.25. The molecule has 180 valence electrons. The van der Waals surface area contributed by atoms with E-state index < -0.39 is 18.2 Å². The van der Waals surface area contributed by atoms with Crippen molar-refractivity contribution in [2.75, 3.05) is 19.8 Å². The molecule has 0 radical (unpaired) electrons. The highest BCUT2D eigenvalue weighted by atomic mass is 35.5. The molecule has 0 bridgehead atoms. The molecule has 12 heteroatoms. The molecule has 0 atom stereocenters. The number of alkyl halides is 3. The monoisotopic (exact) mass is 533 g/mol. The van der Waals surface area contributed by atoms with Gasteiger partial charge in [0, 0.05) is 22.2 Å².